The molecule has 0 amide bonds. The van der Waals surface area contributed by atoms with Crippen LogP contribution in [0.15, 0.2) is 0 Å². The van der Waals surface area contributed by atoms with Gasteiger partial charge in [-0.3, -0.25) is 4.79 Å². The summed E-state index contributed by atoms with van der Waals surface area (Å²) in [7, 11) is -1.65. The van der Waals surface area contributed by atoms with Crippen LogP contribution in [0.5, 0.6) is 0 Å². The molecular formula is C8H14F3NO4S. The Morgan fingerprint density at radius 2 is 1.88 bits per heavy atom. The first kappa shape index (κ1) is 16.2. The number of nitrogens with zero attached hydrogens (tertiary/aromatic N) is 1. The molecule has 0 saturated carbocycles. The molecule has 5 nitrogen and oxygen atoms in total. The van der Waals surface area contributed by atoms with E-state index < -0.39 is 47.3 Å². The van der Waals surface area contributed by atoms with E-state index in [4.69, 9.17) is 0 Å². The van der Waals surface area contributed by atoms with E-state index in [1.54, 1.807) is 0 Å². The zero-order chi connectivity index (χ0) is 13.7. The largest absolute Gasteiger partial charge is 0.468 e. The van der Waals surface area contributed by atoms with Crippen LogP contribution in [0.3, 0.4) is 0 Å². The number of sulfonamides is 1. The van der Waals surface area contributed by atoms with E-state index in [0.29, 0.717) is 4.31 Å². The fourth-order valence-corrected chi connectivity index (χ4v) is 2.08. The molecule has 0 aliphatic heterocycles. The van der Waals surface area contributed by atoms with Gasteiger partial charge in [-0.25, -0.2) is 8.42 Å². The lowest BCUT2D eigenvalue weighted by Crippen LogP contribution is -2.34. The zero-order valence-corrected chi connectivity index (χ0v) is 10.3. The monoisotopic (exact) mass is 277 g/mol. The van der Waals surface area contributed by atoms with Crippen LogP contribution in [0, 0.1) is 0 Å². The average Bonchev–Trinajstić information content (AvgIpc) is 2.14. The number of rotatable bonds is 6. The summed E-state index contributed by atoms with van der Waals surface area (Å²) < 4.78 is 63.2. The van der Waals surface area contributed by atoms with Gasteiger partial charge in [-0.1, -0.05) is 0 Å². The topological polar surface area (TPSA) is 63.7 Å². The Morgan fingerprint density at radius 1 is 1.35 bits per heavy atom. The van der Waals surface area contributed by atoms with E-state index >= 15 is 0 Å². The van der Waals surface area contributed by atoms with Gasteiger partial charge in [0.15, 0.2) is 0 Å². The molecule has 0 aromatic rings. The highest BCUT2D eigenvalue weighted by molar-refractivity contribution is 7.89. The van der Waals surface area contributed by atoms with Crippen molar-refractivity contribution >= 4 is 16.0 Å². The lowest BCUT2D eigenvalue weighted by atomic mass is 10.3. The fraction of sp³-hybridized carbons (Fsp3) is 0.875. The molecule has 102 valence electrons. The molecule has 0 spiro atoms. The Balaban J connectivity index is 4.24. The van der Waals surface area contributed by atoms with Crippen molar-refractivity contribution in [3.63, 3.8) is 0 Å². The molecule has 0 heterocycles. The van der Waals surface area contributed by atoms with Crippen molar-refractivity contribution in [2.24, 2.45) is 0 Å². The maximum Gasteiger partial charge on any atom is 0.389 e. The highest BCUT2D eigenvalue weighted by Gasteiger charge is 2.28. The van der Waals surface area contributed by atoms with Gasteiger partial charge in [0.1, 0.15) is 6.54 Å². The number of esters is 1. The molecule has 9 heteroatoms. The molecule has 17 heavy (non-hydrogen) atoms. The molecule has 0 saturated heterocycles. The lowest BCUT2D eigenvalue weighted by molar-refractivity contribution is -0.140. The molecule has 0 atom stereocenters. The van der Waals surface area contributed by atoms with Crippen LogP contribution in [0.2, 0.25) is 0 Å². The third-order valence-corrected chi connectivity index (χ3v) is 3.80. The minimum absolute atomic E-state index is 0.509. The molecule has 0 N–H and O–H groups in total. The van der Waals surface area contributed by atoms with E-state index in [9.17, 15) is 26.4 Å². The first-order chi connectivity index (χ1) is 7.58. The average molecular weight is 277 g/mol. The minimum atomic E-state index is -4.38. The fourth-order valence-electron chi connectivity index (χ4n) is 0.956. The second-order valence-electron chi connectivity index (χ2n) is 3.37. The van der Waals surface area contributed by atoms with Crippen LogP contribution in [0.1, 0.15) is 12.8 Å². The normalized spacial score (nSPS) is 12.8. The van der Waals surface area contributed by atoms with Gasteiger partial charge in [-0.15, -0.1) is 0 Å². The maximum absolute atomic E-state index is 11.8. The van der Waals surface area contributed by atoms with Crippen molar-refractivity contribution in [3.05, 3.63) is 0 Å². The van der Waals surface area contributed by atoms with Crippen molar-refractivity contribution in [1.29, 1.82) is 0 Å². The van der Waals surface area contributed by atoms with E-state index in [2.05, 4.69) is 4.74 Å². The van der Waals surface area contributed by atoms with Crippen LogP contribution in [0.25, 0.3) is 0 Å². The highest BCUT2D eigenvalue weighted by atomic mass is 32.2. The predicted octanol–water partition coefficient (Wildman–Crippen LogP) is 0.763. The summed E-state index contributed by atoms with van der Waals surface area (Å²) in [5.41, 5.74) is 0. The maximum atomic E-state index is 11.8. The van der Waals surface area contributed by atoms with E-state index in [0.717, 1.165) is 14.2 Å². The summed E-state index contributed by atoms with van der Waals surface area (Å²) in [5, 5.41) is 0. The van der Waals surface area contributed by atoms with Gasteiger partial charge in [-0.05, 0) is 6.42 Å². The summed E-state index contributed by atoms with van der Waals surface area (Å²) in [4.78, 5) is 10.8. The Labute approximate surface area is 97.6 Å². The summed E-state index contributed by atoms with van der Waals surface area (Å²) in [6.07, 6.45) is -6.08. The second kappa shape index (κ2) is 6.20. The van der Waals surface area contributed by atoms with E-state index in [1.165, 1.54) is 0 Å². The summed E-state index contributed by atoms with van der Waals surface area (Å²) in [5.74, 6) is -1.42. The van der Waals surface area contributed by atoms with E-state index in [-0.39, 0.29) is 0 Å². The summed E-state index contributed by atoms with van der Waals surface area (Å²) in [6, 6.07) is 0. The zero-order valence-electron chi connectivity index (χ0n) is 9.45. The van der Waals surface area contributed by atoms with Gasteiger partial charge in [0.25, 0.3) is 0 Å². The van der Waals surface area contributed by atoms with Gasteiger partial charge in [-0.2, -0.15) is 17.5 Å². The Bertz CT molecular complexity index is 352. The first-order valence-electron chi connectivity index (χ1n) is 4.66. The van der Waals surface area contributed by atoms with Crippen molar-refractivity contribution in [2.75, 3.05) is 26.5 Å². The molecule has 0 bridgehead atoms. The van der Waals surface area contributed by atoms with Crippen LogP contribution in [0.4, 0.5) is 13.2 Å². The molecule has 0 unspecified atom stereocenters. The number of hydrogen-bond acceptors (Lipinski definition) is 4. The van der Waals surface area contributed by atoms with Gasteiger partial charge >= 0.3 is 12.1 Å². The van der Waals surface area contributed by atoms with Crippen molar-refractivity contribution < 1.29 is 31.1 Å². The van der Waals surface area contributed by atoms with E-state index in [1.807, 2.05) is 0 Å². The van der Waals surface area contributed by atoms with Gasteiger partial charge in [0, 0.05) is 13.5 Å². The molecular weight excluding hydrogens is 263 g/mol. The second-order valence-corrected chi connectivity index (χ2v) is 5.56. The van der Waals surface area contributed by atoms with Gasteiger partial charge < -0.3 is 4.74 Å². The quantitative estimate of drug-likeness (QED) is 0.672. The minimum Gasteiger partial charge on any atom is -0.468 e. The third-order valence-electron chi connectivity index (χ3n) is 1.92. The van der Waals surface area contributed by atoms with Crippen LogP contribution in [-0.4, -0.2) is 51.3 Å². The highest BCUT2D eigenvalue weighted by Crippen LogP contribution is 2.21. The number of carbonyl (C=O) groups is 1. The van der Waals surface area contributed by atoms with Crippen molar-refractivity contribution in [3.8, 4) is 0 Å². The molecule has 0 radical (unpaired) electrons. The number of ether oxygens (including phenoxy) is 1. The first-order valence-corrected chi connectivity index (χ1v) is 6.27. The van der Waals surface area contributed by atoms with Gasteiger partial charge in [0.2, 0.25) is 10.0 Å². The van der Waals surface area contributed by atoms with Crippen LogP contribution < -0.4 is 0 Å². The summed E-state index contributed by atoms with van der Waals surface area (Å²) in [6.45, 7) is -0.509. The number of alkyl halides is 3. The van der Waals surface area contributed by atoms with Crippen molar-refractivity contribution in [1.82, 2.24) is 4.31 Å². The number of halogens is 3. The molecule has 0 rings (SSSR count). The predicted molar refractivity (Wildman–Crippen MR) is 53.7 cm³/mol. The Hall–Kier alpha value is -0.830. The molecule has 0 aliphatic rings. The SMILES string of the molecule is COC(=O)CN(C)S(=O)(=O)CCCC(F)(F)F. The van der Waals surface area contributed by atoms with Crippen LogP contribution >= 0.6 is 0 Å². The number of likely N-dealkylation sites (N-methyl/N-ethyl adjacent to an activating group) is 1. The number of carbonyl (C=O) groups excluding carboxylic acids is 1. The summed E-state index contributed by atoms with van der Waals surface area (Å²) >= 11 is 0. The lowest BCUT2D eigenvalue weighted by Gasteiger charge is -2.15. The third kappa shape index (κ3) is 7.16. The molecule has 0 aromatic heterocycles. The number of hydrogen-bond donors (Lipinski definition) is 0. The Kier molecular flexibility index (Phi) is 5.89. The van der Waals surface area contributed by atoms with Crippen molar-refractivity contribution in [2.45, 2.75) is 19.0 Å². The molecule has 0 fully saturated rings. The standard InChI is InChI=1S/C8H14F3NO4S/c1-12(6-7(13)16-2)17(14,15)5-3-4-8(9,10)11/h3-6H2,1-2H3. The Morgan fingerprint density at radius 3 is 2.29 bits per heavy atom. The number of methoxy groups -OCH3 is 1. The smallest absolute Gasteiger partial charge is 0.389 e. The molecule has 0 aliphatic carbocycles. The van der Waals surface area contributed by atoms with Crippen LogP contribution in [-0.2, 0) is 19.6 Å². The van der Waals surface area contributed by atoms with Gasteiger partial charge in [0.05, 0.1) is 12.9 Å². The molecule has 0 aromatic carbocycles.